The van der Waals surface area contributed by atoms with E-state index in [1.54, 1.807) is 17.4 Å². The van der Waals surface area contributed by atoms with Crippen molar-refractivity contribution in [3.05, 3.63) is 87.1 Å². The maximum atomic E-state index is 13.2. The molecule has 0 aliphatic carbocycles. The number of benzene rings is 2. The van der Waals surface area contributed by atoms with Gasteiger partial charge < -0.3 is 5.32 Å². The van der Waals surface area contributed by atoms with Gasteiger partial charge >= 0.3 is 0 Å². The first-order valence-corrected chi connectivity index (χ1v) is 13.6. The van der Waals surface area contributed by atoms with Gasteiger partial charge in [0, 0.05) is 23.9 Å². The zero-order chi connectivity index (χ0) is 23.6. The summed E-state index contributed by atoms with van der Waals surface area (Å²) in [6.07, 6.45) is 1.03. The van der Waals surface area contributed by atoms with Crippen LogP contribution < -0.4 is 5.32 Å². The molecule has 0 bridgehead atoms. The van der Waals surface area contributed by atoms with Gasteiger partial charge in [-0.1, -0.05) is 53.6 Å². The number of thiophene rings is 1. The molecule has 1 atom stereocenters. The van der Waals surface area contributed by atoms with E-state index in [9.17, 15) is 13.2 Å². The standard InChI is InChI=1S/C26H30N2O3S2/c1-18-6-9-21(10-7-18)25(23-5-4-16-32-23)27-26(29)22-12-14-28(15-13-22)33(30,31)24-11-8-19(2)17-20(24)3/h4-11,16-17,22,25H,12-15H2,1-3H3,(H,27,29). The van der Waals surface area contributed by atoms with E-state index in [0.29, 0.717) is 30.8 Å². The van der Waals surface area contributed by atoms with Crippen LogP contribution in [0.5, 0.6) is 0 Å². The fourth-order valence-electron chi connectivity index (χ4n) is 4.38. The topological polar surface area (TPSA) is 66.5 Å². The summed E-state index contributed by atoms with van der Waals surface area (Å²) in [5.41, 5.74) is 4.01. The van der Waals surface area contributed by atoms with Crippen molar-refractivity contribution >= 4 is 27.3 Å². The molecule has 1 aliphatic heterocycles. The molecule has 0 saturated carbocycles. The summed E-state index contributed by atoms with van der Waals surface area (Å²) < 4.78 is 27.9. The number of nitrogens with one attached hydrogen (secondary N) is 1. The highest BCUT2D eigenvalue weighted by Gasteiger charge is 2.33. The summed E-state index contributed by atoms with van der Waals surface area (Å²) in [7, 11) is -3.56. The lowest BCUT2D eigenvalue weighted by atomic mass is 9.95. The van der Waals surface area contributed by atoms with Crippen molar-refractivity contribution in [3.63, 3.8) is 0 Å². The number of hydrogen-bond donors (Lipinski definition) is 1. The molecule has 174 valence electrons. The molecule has 1 aliphatic rings. The highest BCUT2D eigenvalue weighted by atomic mass is 32.2. The van der Waals surface area contributed by atoms with Crippen molar-refractivity contribution in [1.29, 1.82) is 0 Å². The van der Waals surface area contributed by atoms with Gasteiger partial charge in [-0.15, -0.1) is 11.3 Å². The van der Waals surface area contributed by atoms with Crippen molar-refractivity contribution in [2.45, 2.75) is 44.6 Å². The van der Waals surface area contributed by atoms with E-state index >= 15 is 0 Å². The molecule has 1 aromatic heterocycles. The molecular weight excluding hydrogens is 452 g/mol. The van der Waals surface area contributed by atoms with Crippen LogP contribution in [0, 0.1) is 26.7 Å². The predicted molar refractivity (Wildman–Crippen MR) is 133 cm³/mol. The SMILES string of the molecule is Cc1ccc(C(NC(=O)C2CCN(S(=O)(=O)c3ccc(C)cc3C)CC2)c2cccs2)cc1. The molecule has 33 heavy (non-hydrogen) atoms. The first-order valence-electron chi connectivity index (χ1n) is 11.2. The predicted octanol–water partition coefficient (Wildman–Crippen LogP) is 4.98. The van der Waals surface area contributed by atoms with Crippen LogP contribution in [0.2, 0.25) is 0 Å². The molecule has 1 N–H and O–H groups in total. The van der Waals surface area contributed by atoms with Gasteiger partial charge in [-0.3, -0.25) is 4.79 Å². The molecule has 1 fully saturated rings. The Labute approximate surface area is 200 Å². The monoisotopic (exact) mass is 482 g/mol. The second-order valence-electron chi connectivity index (χ2n) is 8.82. The van der Waals surface area contributed by atoms with Crippen molar-refractivity contribution in [2.75, 3.05) is 13.1 Å². The van der Waals surface area contributed by atoms with Crippen molar-refractivity contribution in [2.24, 2.45) is 5.92 Å². The summed E-state index contributed by atoms with van der Waals surface area (Å²) in [6.45, 7) is 6.52. The number of rotatable bonds is 6. The van der Waals surface area contributed by atoms with Crippen molar-refractivity contribution in [1.82, 2.24) is 9.62 Å². The molecule has 7 heteroatoms. The van der Waals surface area contributed by atoms with Crippen LogP contribution in [-0.2, 0) is 14.8 Å². The van der Waals surface area contributed by atoms with Gasteiger partial charge in [-0.25, -0.2) is 8.42 Å². The molecule has 5 nitrogen and oxygen atoms in total. The van der Waals surface area contributed by atoms with Gasteiger partial charge in [0.2, 0.25) is 15.9 Å². The van der Waals surface area contributed by atoms with E-state index in [1.165, 1.54) is 9.87 Å². The maximum absolute atomic E-state index is 13.2. The van der Waals surface area contributed by atoms with Crippen LogP contribution in [0.25, 0.3) is 0 Å². The number of piperidine rings is 1. The highest BCUT2D eigenvalue weighted by molar-refractivity contribution is 7.89. The normalized spacial score (nSPS) is 16.5. The lowest BCUT2D eigenvalue weighted by Crippen LogP contribution is -2.43. The Hall–Kier alpha value is -2.48. The molecule has 2 aromatic carbocycles. The minimum Gasteiger partial charge on any atom is -0.344 e. The highest BCUT2D eigenvalue weighted by Crippen LogP contribution is 2.29. The molecule has 2 heterocycles. The third-order valence-corrected chi connectivity index (χ3v) is 9.29. The van der Waals surface area contributed by atoms with Gasteiger partial charge in [0.25, 0.3) is 0 Å². The number of sulfonamides is 1. The largest absolute Gasteiger partial charge is 0.344 e. The van der Waals surface area contributed by atoms with Crippen LogP contribution in [0.15, 0.2) is 64.9 Å². The van der Waals surface area contributed by atoms with Crippen molar-refractivity contribution in [3.8, 4) is 0 Å². The smallest absolute Gasteiger partial charge is 0.243 e. The second kappa shape index (κ2) is 9.79. The lowest BCUT2D eigenvalue weighted by Gasteiger charge is -2.32. The van der Waals surface area contributed by atoms with Crippen LogP contribution >= 0.6 is 11.3 Å². The zero-order valence-corrected chi connectivity index (χ0v) is 20.9. The number of amides is 1. The second-order valence-corrected chi connectivity index (χ2v) is 11.7. The third kappa shape index (κ3) is 5.21. The first kappa shape index (κ1) is 23.7. The number of carbonyl (C=O) groups is 1. The molecule has 0 spiro atoms. The molecule has 3 aromatic rings. The lowest BCUT2D eigenvalue weighted by molar-refractivity contribution is -0.126. The molecule has 1 saturated heterocycles. The van der Waals surface area contributed by atoms with Crippen LogP contribution in [-0.4, -0.2) is 31.7 Å². The summed E-state index contributed by atoms with van der Waals surface area (Å²) in [6, 6.07) is 17.5. The van der Waals surface area contributed by atoms with E-state index < -0.39 is 10.0 Å². The van der Waals surface area contributed by atoms with E-state index in [-0.39, 0.29) is 17.9 Å². The average molecular weight is 483 g/mol. The minimum absolute atomic E-state index is 0.0162. The van der Waals surface area contributed by atoms with Gasteiger partial charge in [-0.2, -0.15) is 4.31 Å². The zero-order valence-electron chi connectivity index (χ0n) is 19.2. The Bertz CT molecular complexity index is 1210. The fourth-order valence-corrected chi connectivity index (χ4v) is 6.86. The molecule has 1 amide bonds. The first-order chi connectivity index (χ1) is 15.8. The number of carbonyl (C=O) groups excluding carboxylic acids is 1. The molecule has 0 radical (unpaired) electrons. The van der Waals surface area contributed by atoms with E-state index in [1.807, 2.05) is 50.4 Å². The van der Waals surface area contributed by atoms with Crippen LogP contribution in [0.1, 0.15) is 46.0 Å². The minimum atomic E-state index is -3.56. The third-order valence-electron chi connectivity index (χ3n) is 6.30. The maximum Gasteiger partial charge on any atom is 0.243 e. The number of aryl methyl sites for hydroxylation is 3. The molecule has 4 rings (SSSR count). The molecular formula is C26H30N2O3S2. The van der Waals surface area contributed by atoms with Crippen LogP contribution in [0.4, 0.5) is 0 Å². The summed E-state index contributed by atoms with van der Waals surface area (Å²) in [5, 5.41) is 5.24. The Morgan fingerprint density at radius 2 is 1.67 bits per heavy atom. The molecule has 1 unspecified atom stereocenters. The summed E-state index contributed by atoms with van der Waals surface area (Å²) in [5.74, 6) is -0.221. The van der Waals surface area contributed by atoms with E-state index in [2.05, 4.69) is 29.6 Å². The quantitative estimate of drug-likeness (QED) is 0.539. The Morgan fingerprint density at radius 3 is 2.27 bits per heavy atom. The summed E-state index contributed by atoms with van der Waals surface area (Å²) >= 11 is 1.62. The van der Waals surface area contributed by atoms with Gasteiger partial charge in [0.05, 0.1) is 10.9 Å². The Kier molecular flexibility index (Phi) is 7.02. The van der Waals surface area contributed by atoms with Crippen LogP contribution in [0.3, 0.4) is 0 Å². The average Bonchev–Trinajstić information content (AvgIpc) is 3.32. The van der Waals surface area contributed by atoms with Crippen molar-refractivity contribution < 1.29 is 13.2 Å². The van der Waals surface area contributed by atoms with Gasteiger partial charge in [0.15, 0.2) is 0 Å². The van der Waals surface area contributed by atoms with Gasteiger partial charge in [0.1, 0.15) is 0 Å². The number of nitrogens with zero attached hydrogens (tertiary/aromatic N) is 1. The summed E-state index contributed by atoms with van der Waals surface area (Å²) in [4.78, 5) is 14.6. The Morgan fingerprint density at radius 1 is 1.00 bits per heavy atom. The Balaban J connectivity index is 1.44. The van der Waals surface area contributed by atoms with Gasteiger partial charge in [-0.05, 0) is 62.3 Å². The van der Waals surface area contributed by atoms with E-state index in [4.69, 9.17) is 0 Å². The van der Waals surface area contributed by atoms with E-state index in [0.717, 1.165) is 21.6 Å². The number of hydrogen-bond acceptors (Lipinski definition) is 4. The fraction of sp³-hybridized carbons (Fsp3) is 0.346.